The zero-order valence-electron chi connectivity index (χ0n) is 14.4. The second-order valence-electron chi connectivity index (χ2n) is 5.75. The van der Waals surface area contributed by atoms with E-state index in [4.69, 9.17) is 9.47 Å². The fourth-order valence-corrected chi connectivity index (χ4v) is 2.95. The molecule has 4 nitrogen and oxygen atoms in total. The highest BCUT2D eigenvalue weighted by atomic mass is 79.9. The molecule has 3 rings (SSSR count). The molecule has 0 saturated heterocycles. The molecule has 0 atom stereocenters. The van der Waals surface area contributed by atoms with Gasteiger partial charge in [-0.2, -0.15) is 10.2 Å². The van der Waals surface area contributed by atoms with Crippen LogP contribution in [-0.2, 0) is 6.42 Å². The van der Waals surface area contributed by atoms with E-state index in [2.05, 4.69) is 26.1 Å². The molecule has 128 valence electrons. The molecule has 2 aromatic rings. The molecule has 5 heteroatoms. The number of methoxy groups -OCH3 is 2. The second kappa shape index (κ2) is 7.66. The molecule has 0 spiro atoms. The van der Waals surface area contributed by atoms with Crippen LogP contribution in [0.1, 0.15) is 23.6 Å². The van der Waals surface area contributed by atoms with Crippen molar-refractivity contribution in [3.8, 4) is 11.5 Å². The molecule has 1 aliphatic heterocycles. The van der Waals surface area contributed by atoms with Crippen LogP contribution in [0.3, 0.4) is 0 Å². The summed E-state index contributed by atoms with van der Waals surface area (Å²) in [5, 5.41) is 8.74. The maximum Gasteiger partial charge on any atom is 0.161 e. The van der Waals surface area contributed by atoms with Gasteiger partial charge in [0.2, 0.25) is 0 Å². The Morgan fingerprint density at radius 1 is 0.960 bits per heavy atom. The lowest BCUT2D eigenvalue weighted by atomic mass is 9.97. The highest BCUT2D eigenvalue weighted by molar-refractivity contribution is 9.10. The SMILES string of the molecule is COc1cc2c(cc1OC)C(C=Cc1ccc(Br)cc1)=NN=C(C)C2. The number of hydrogen-bond donors (Lipinski definition) is 0. The van der Waals surface area contributed by atoms with Crippen molar-refractivity contribution in [2.45, 2.75) is 13.3 Å². The topological polar surface area (TPSA) is 43.2 Å². The monoisotopic (exact) mass is 398 g/mol. The normalized spacial score (nSPS) is 13.8. The number of benzene rings is 2. The van der Waals surface area contributed by atoms with Crippen LogP contribution in [-0.4, -0.2) is 25.6 Å². The first kappa shape index (κ1) is 17.4. The maximum atomic E-state index is 5.45. The molecule has 0 radical (unpaired) electrons. The molecule has 0 N–H and O–H groups in total. The molecule has 1 aliphatic rings. The molecule has 0 unspecified atom stereocenters. The molecule has 0 saturated carbocycles. The summed E-state index contributed by atoms with van der Waals surface area (Å²) in [4.78, 5) is 0. The van der Waals surface area contributed by atoms with Gasteiger partial charge in [0, 0.05) is 22.2 Å². The van der Waals surface area contributed by atoms with Gasteiger partial charge in [0.1, 0.15) is 0 Å². The molecule has 1 heterocycles. The number of allylic oxidation sites excluding steroid dienone is 1. The third-order valence-electron chi connectivity index (χ3n) is 3.96. The molecule has 0 bridgehead atoms. The van der Waals surface area contributed by atoms with Gasteiger partial charge in [-0.05, 0) is 48.4 Å². The molecule has 0 aromatic heterocycles. The third-order valence-corrected chi connectivity index (χ3v) is 4.49. The van der Waals surface area contributed by atoms with E-state index >= 15 is 0 Å². The predicted molar refractivity (Wildman–Crippen MR) is 106 cm³/mol. The number of ether oxygens (including phenoxy) is 2. The summed E-state index contributed by atoms with van der Waals surface area (Å²) in [5.41, 5.74) is 4.98. The summed E-state index contributed by atoms with van der Waals surface area (Å²) >= 11 is 3.45. The Morgan fingerprint density at radius 3 is 2.32 bits per heavy atom. The smallest absolute Gasteiger partial charge is 0.161 e. The van der Waals surface area contributed by atoms with E-state index in [1.165, 1.54) is 0 Å². The summed E-state index contributed by atoms with van der Waals surface area (Å²) in [5.74, 6) is 1.40. The minimum Gasteiger partial charge on any atom is -0.493 e. The highest BCUT2D eigenvalue weighted by Crippen LogP contribution is 2.32. The van der Waals surface area contributed by atoms with E-state index in [1.54, 1.807) is 14.2 Å². The summed E-state index contributed by atoms with van der Waals surface area (Å²) in [7, 11) is 3.28. The van der Waals surface area contributed by atoms with Crippen molar-refractivity contribution in [3.05, 3.63) is 63.6 Å². The van der Waals surface area contributed by atoms with E-state index in [0.29, 0.717) is 11.5 Å². The van der Waals surface area contributed by atoms with Crippen LogP contribution in [0.2, 0.25) is 0 Å². The standard InChI is InChI=1S/C20H19BrN2O2/c1-13-10-15-11-19(24-2)20(25-3)12-17(15)18(23-22-13)9-6-14-4-7-16(21)8-5-14/h4-9,11-12H,10H2,1-3H3. The fraction of sp³-hybridized carbons (Fsp3) is 0.200. The average molecular weight is 399 g/mol. The van der Waals surface area contributed by atoms with Crippen molar-refractivity contribution < 1.29 is 9.47 Å². The van der Waals surface area contributed by atoms with Gasteiger partial charge in [0.15, 0.2) is 11.5 Å². The van der Waals surface area contributed by atoms with Crippen LogP contribution in [0.4, 0.5) is 0 Å². The Balaban J connectivity index is 2.03. The predicted octanol–water partition coefficient (Wildman–Crippen LogP) is 4.90. The van der Waals surface area contributed by atoms with Crippen molar-refractivity contribution in [1.29, 1.82) is 0 Å². The Morgan fingerprint density at radius 2 is 1.64 bits per heavy atom. The van der Waals surface area contributed by atoms with Gasteiger partial charge in [-0.25, -0.2) is 0 Å². The fourth-order valence-electron chi connectivity index (χ4n) is 2.68. The third kappa shape index (κ3) is 3.99. The number of fused-ring (bicyclic) bond motifs is 1. The van der Waals surface area contributed by atoms with Crippen molar-refractivity contribution in [3.63, 3.8) is 0 Å². The van der Waals surface area contributed by atoms with Crippen LogP contribution < -0.4 is 9.47 Å². The summed E-state index contributed by atoms with van der Waals surface area (Å²) in [6, 6.07) is 12.1. The molecule has 0 amide bonds. The first-order valence-electron chi connectivity index (χ1n) is 7.90. The Bertz CT molecular complexity index is 868. The van der Waals surface area contributed by atoms with Gasteiger partial charge in [0.05, 0.1) is 19.9 Å². The van der Waals surface area contributed by atoms with E-state index in [1.807, 2.05) is 55.5 Å². The lowest BCUT2D eigenvalue weighted by molar-refractivity contribution is 0.354. The zero-order chi connectivity index (χ0) is 17.8. The molecular formula is C20H19BrN2O2. The molecule has 2 aromatic carbocycles. The number of hydrogen-bond acceptors (Lipinski definition) is 4. The van der Waals surface area contributed by atoms with Gasteiger partial charge >= 0.3 is 0 Å². The first-order valence-corrected chi connectivity index (χ1v) is 8.70. The Kier molecular flexibility index (Phi) is 5.34. The van der Waals surface area contributed by atoms with Gasteiger partial charge in [-0.1, -0.05) is 34.1 Å². The summed E-state index contributed by atoms with van der Waals surface area (Å²) in [6.45, 7) is 1.98. The molecule has 0 aliphatic carbocycles. The van der Waals surface area contributed by atoms with Gasteiger partial charge in [-0.15, -0.1) is 0 Å². The quantitative estimate of drug-likeness (QED) is 0.734. The van der Waals surface area contributed by atoms with E-state index in [0.717, 1.165) is 39.0 Å². The highest BCUT2D eigenvalue weighted by Gasteiger charge is 2.17. The lowest BCUT2D eigenvalue weighted by Crippen LogP contribution is -2.05. The number of halogens is 1. The van der Waals surface area contributed by atoms with Crippen LogP contribution >= 0.6 is 15.9 Å². The summed E-state index contributed by atoms with van der Waals surface area (Å²) in [6.07, 6.45) is 4.74. The lowest BCUT2D eigenvalue weighted by Gasteiger charge is -2.13. The Hall–Kier alpha value is -2.40. The minimum absolute atomic E-state index is 0.686. The molecule has 25 heavy (non-hydrogen) atoms. The van der Waals surface area contributed by atoms with E-state index in [9.17, 15) is 0 Å². The second-order valence-corrected chi connectivity index (χ2v) is 6.66. The van der Waals surface area contributed by atoms with Gasteiger partial charge in [-0.3, -0.25) is 0 Å². The van der Waals surface area contributed by atoms with Crippen LogP contribution in [0, 0.1) is 0 Å². The van der Waals surface area contributed by atoms with Crippen molar-refractivity contribution in [2.75, 3.05) is 14.2 Å². The van der Waals surface area contributed by atoms with Crippen molar-refractivity contribution >= 4 is 33.4 Å². The minimum atomic E-state index is 0.686. The average Bonchev–Trinajstić information content (AvgIpc) is 2.78. The van der Waals surface area contributed by atoms with Crippen LogP contribution in [0.15, 0.2) is 57.1 Å². The first-order chi connectivity index (χ1) is 12.1. The van der Waals surface area contributed by atoms with E-state index < -0.39 is 0 Å². The number of nitrogens with zero attached hydrogens (tertiary/aromatic N) is 2. The zero-order valence-corrected chi connectivity index (χ0v) is 16.0. The van der Waals surface area contributed by atoms with Crippen molar-refractivity contribution in [1.82, 2.24) is 0 Å². The largest absolute Gasteiger partial charge is 0.493 e. The Labute approximate surface area is 156 Å². The van der Waals surface area contributed by atoms with E-state index in [-0.39, 0.29) is 0 Å². The van der Waals surface area contributed by atoms with Crippen molar-refractivity contribution in [2.24, 2.45) is 10.2 Å². The summed E-state index contributed by atoms with van der Waals surface area (Å²) < 4.78 is 11.9. The van der Waals surface area contributed by atoms with Crippen LogP contribution in [0.5, 0.6) is 11.5 Å². The van der Waals surface area contributed by atoms with Crippen LogP contribution in [0.25, 0.3) is 6.08 Å². The van der Waals surface area contributed by atoms with Gasteiger partial charge in [0.25, 0.3) is 0 Å². The molecular weight excluding hydrogens is 380 g/mol. The molecule has 0 fully saturated rings. The maximum absolute atomic E-state index is 5.45. The van der Waals surface area contributed by atoms with Gasteiger partial charge < -0.3 is 9.47 Å². The number of rotatable bonds is 4.